The molecule has 0 aliphatic carbocycles. The van der Waals surface area contributed by atoms with Gasteiger partial charge in [0.2, 0.25) is 11.9 Å². The summed E-state index contributed by atoms with van der Waals surface area (Å²) in [5.74, 6) is 3.96. The molecule has 5 nitrogen and oxygen atoms in total. The van der Waals surface area contributed by atoms with Gasteiger partial charge in [0, 0.05) is 12.3 Å². The standard InChI is InChI=1S/C8H10ClN5/c1-2-5-11-8-13-6(3-4-9)12-7(10)14-8/h1H,3-5H2,(H3,10,11,12,13,14). The zero-order chi connectivity index (χ0) is 10.4. The largest absolute Gasteiger partial charge is 0.368 e. The lowest BCUT2D eigenvalue weighted by Gasteiger charge is -2.03. The van der Waals surface area contributed by atoms with Crippen molar-refractivity contribution in [2.45, 2.75) is 6.42 Å². The second kappa shape index (κ2) is 5.25. The number of nitrogens with two attached hydrogens (primary N) is 1. The first-order chi connectivity index (χ1) is 6.76. The molecule has 0 aliphatic rings. The van der Waals surface area contributed by atoms with Gasteiger partial charge < -0.3 is 11.1 Å². The van der Waals surface area contributed by atoms with Gasteiger partial charge in [-0.2, -0.15) is 15.0 Å². The van der Waals surface area contributed by atoms with Crippen molar-refractivity contribution in [1.29, 1.82) is 0 Å². The van der Waals surface area contributed by atoms with Gasteiger partial charge in [-0.3, -0.25) is 0 Å². The van der Waals surface area contributed by atoms with Crippen LogP contribution in [0.5, 0.6) is 0 Å². The van der Waals surface area contributed by atoms with Crippen LogP contribution in [0.25, 0.3) is 0 Å². The van der Waals surface area contributed by atoms with Gasteiger partial charge >= 0.3 is 0 Å². The maximum absolute atomic E-state index is 5.55. The second-order valence-electron chi connectivity index (χ2n) is 2.43. The third kappa shape index (κ3) is 3.07. The molecule has 0 unspecified atom stereocenters. The van der Waals surface area contributed by atoms with E-state index in [1.54, 1.807) is 0 Å². The summed E-state index contributed by atoms with van der Waals surface area (Å²) in [4.78, 5) is 11.8. The van der Waals surface area contributed by atoms with Gasteiger partial charge in [0.05, 0.1) is 6.54 Å². The predicted molar refractivity (Wildman–Crippen MR) is 56.0 cm³/mol. The van der Waals surface area contributed by atoms with Crippen molar-refractivity contribution >= 4 is 23.5 Å². The molecule has 1 aromatic rings. The average molecular weight is 212 g/mol. The number of hydrogen-bond donors (Lipinski definition) is 2. The highest BCUT2D eigenvalue weighted by molar-refractivity contribution is 6.17. The van der Waals surface area contributed by atoms with Gasteiger partial charge in [0.25, 0.3) is 0 Å². The summed E-state index contributed by atoms with van der Waals surface area (Å²) < 4.78 is 0. The minimum atomic E-state index is 0.166. The lowest BCUT2D eigenvalue weighted by Crippen LogP contribution is -2.10. The minimum absolute atomic E-state index is 0.166. The van der Waals surface area contributed by atoms with E-state index in [-0.39, 0.29) is 5.95 Å². The number of nitrogens with one attached hydrogen (secondary N) is 1. The Balaban J connectivity index is 2.79. The number of terminal acetylenes is 1. The Bertz CT molecular complexity index is 346. The third-order valence-corrected chi connectivity index (χ3v) is 1.55. The number of nitrogen functional groups attached to an aromatic ring is 1. The first-order valence-electron chi connectivity index (χ1n) is 4.00. The summed E-state index contributed by atoms with van der Waals surface area (Å²) in [7, 11) is 0. The molecule has 0 aromatic carbocycles. The average Bonchev–Trinajstić information content (AvgIpc) is 2.14. The van der Waals surface area contributed by atoms with Crippen LogP contribution < -0.4 is 11.1 Å². The van der Waals surface area contributed by atoms with Crippen LogP contribution in [0.4, 0.5) is 11.9 Å². The Morgan fingerprint density at radius 1 is 1.43 bits per heavy atom. The van der Waals surface area contributed by atoms with Crippen LogP contribution in [0.3, 0.4) is 0 Å². The van der Waals surface area contributed by atoms with Gasteiger partial charge in [-0.25, -0.2) is 0 Å². The number of aromatic nitrogens is 3. The summed E-state index contributed by atoms with van der Waals surface area (Å²) in [6.07, 6.45) is 5.63. The van der Waals surface area contributed by atoms with E-state index in [0.717, 1.165) is 0 Å². The minimum Gasteiger partial charge on any atom is -0.368 e. The molecule has 3 N–H and O–H groups in total. The highest BCUT2D eigenvalue weighted by Gasteiger charge is 2.02. The van der Waals surface area contributed by atoms with E-state index in [4.69, 9.17) is 23.8 Å². The zero-order valence-electron chi connectivity index (χ0n) is 7.50. The molecular formula is C8H10ClN5. The zero-order valence-corrected chi connectivity index (χ0v) is 8.25. The molecule has 0 aliphatic heterocycles. The Morgan fingerprint density at radius 3 is 2.86 bits per heavy atom. The molecule has 1 heterocycles. The maximum Gasteiger partial charge on any atom is 0.228 e. The van der Waals surface area contributed by atoms with Gasteiger partial charge in [0.1, 0.15) is 5.82 Å². The summed E-state index contributed by atoms with van der Waals surface area (Å²) >= 11 is 5.55. The fourth-order valence-corrected chi connectivity index (χ4v) is 1.01. The lowest BCUT2D eigenvalue weighted by molar-refractivity contribution is 0.911. The van der Waals surface area contributed by atoms with E-state index >= 15 is 0 Å². The quantitative estimate of drug-likeness (QED) is 0.553. The van der Waals surface area contributed by atoms with Crippen LogP contribution in [0.2, 0.25) is 0 Å². The monoisotopic (exact) mass is 211 g/mol. The van der Waals surface area contributed by atoms with Gasteiger partial charge in [-0.05, 0) is 0 Å². The molecule has 0 amide bonds. The first kappa shape index (κ1) is 10.5. The summed E-state index contributed by atoms with van der Waals surface area (Å²) in [6.45, 7) is 0.351. The molecule has 74 valence electrons. The van der Waals surface area contributed by atoms with E-state index in [2.05, 4.69) is 26.2 Å². The summed E-state index contributed by atoms with van der Waals surface area (Å²) in [5, 5.41) is 2.81. The number of nitrogens with zero attached hydrogens (tertiary/aromatic N) is 3. The Labute approximate surface area is 87.1 Å². The third-order valence-electron chi connectivity index (χ3n) is 1.37. The molecule has 0 saturated heterocycles. The van der Waals surface area contributed by atoms with E-state index in [0.29, 0.717) is 30.6 Å². The molecule has 1 rings (SSSR count). The number of alkyl halides is 1. The van der Waals surface area contributed by atoms with Crippen molar-refractivity contribution in [3.63, 3.8) is 0 Å². The van der Waals surface area contributed by atoms with Crippen LogP contribution >= 0.6 is 11.6 Å². The summed E-state index contributed by atoms with van der Waals surface area (Å²) in [5.41, 5.74) is 5.46. The topological polar surface area (TPSA) is 76.7 Å². The van der Waals surface area contributed by atoms with Gasteiger partial charge in [0.15, 0.2) is 0 Å². The summed E-state index contributed by atoms with van der Waals surface area (Å²) in [6, 6.07) is 0. The predicted octanol–water partition coefficient (Wildman–Crippen LogP) is 0.280. The maximum atomic E-state index is 5.55. The highest BCUT2D eigenvalue weighted by atomic mass is 35.5. The van der Waals surface area contributed by atoms with E-state index in [1.807, 2.05) is 0 Å². The van der Waals surface area contributed by atoms with Crippen molar-refractivity contribution in [3.8, 4) is 12.3 Å². The Hall–Kier alpha value is -1.54. The second-order valence-corrected chi connectivity index (χ2v) is 2.81. The number of rotatable bonds is 4. The van der Waals surface area contributed by atoms with Crippen LogP contribution in [-0.2, 0) is 6.42 Å². The number of hydrogen-bond acceptors (Lipinski definition) is 5. The van der Waals surface area contributed by atoms with E-state index in [9.17, 15) is 0 Å². The lowest BCUT2D eigenvalue weighted by atomic mass is 10.4. The first-order valence-corrected chi connectivity index (χ1v) is 4.53. The van der Waals surface area contributed by atoms with Crippen molar-refractivity contribution in [2.24, 2.45) is 0 Å². The molecule has 0 bridgehead atoms. The molecule has 0 saturated carbocycles. The Morgan fingerprint density at radius 2 is 2.21 bits per heavy atom. The highest BCUT2D eigenvalue weighted by Crippen LogP contribution is 2.03. The van der Waals surface area contributed by atoms with E-state index < -0.39 is 0 Å². The number of aryl methyl sites for hydroxylation is 1. The van der Waals surface area contributed by atoms with Crippen molar-refractivity contribution in [3.05, 3.63) is 5.82 Å². The smallest absolute Gasteiger partial charge is 0.228 e. The fourth-order valence-electron chi connectivity index (χ4n) is 0.843. The molecule has 0 spiro atoms. The van der Waals surface area contributed by atoms with Crippen molar-refractivity contribution < 1.29 is 0 Å². The molecule has 6 heteroatoms. The van der Waals surface area contributed by atoms with Crippen LogP contribution in [0.15, 0.2) is 0 Å². The molecule has 0 fully saturated rings. The fraction of sp³-hybridized carbons (Fsp3) is 0.375. The van der Waals surface area contributed by atoms with Crippen LogP contribution in [-0.4, -0.2) is 27.4 Å². The number of anilines is 2. The molecule has 14 heavy (non-hydrogen) atoms. The molecule has 0 atom stereocenters. The van der Waals surface area contributed by atoms with Gasteiger partial charge in [-0.15, -0.1) is 18.0 Å². The van der Waals surface area contributed by atoms with Crippen molar-refractivity contribution in [2.75, 3.05) is 23.5 Å². The molecule has 1 aromatic heterocycles. The van der Waals surface area contributed by atoms with E-state index in [1.165, 1.54) is 0 Å². The molecule has 0 radical (unpaired) electrons. The van der Waals surface area contributed by atoms with Gasteiger partial charge in [-0.1, -0.05) is 5.92 Å². The molecular weight excluding hydrogens is 202 g/mol. The van der Waals surface area contributed by atoms with Crippen LogP contribution in [0, 0.1) is 12.3 Å². The number of halogens is 1. The normalized spacial score (nSPS) is 9.43. The SMILES string of the molecule is C#CCNc1nc(N)nc(CCCl)n1. The van der Waals surface area contributed by atoms with Crippen LogP contribution in [0.1, 0.15) is 5.82 Å². The van der Waals surface area contributed by atoms with Crippen molar-refractivity contribution in [1.82, 2.24) is 15.0 Å². The Kier molecular flexibility index (Phi) is 3.95.